The molecule has 3 rings (SSSR count). The van der Waals surface area contributed by atoms with E-state index in [1.165, 1.54) is 0 Å². The van der Waals surface area contributed by atoms with Crippen molar-refractivity contribution < 1.29 is 4.79 Å². The Balaban J connectivity index is 1.80. The number of anilines is 1. The average Bonchev–Trinajstić information content (AvgIpc) is 2.61. The van der Waals surface area contributed by atoms with Crippen molar-refractivity contribution in [2.75, 3.05) is 5.32 Å². The lowest BCUT2D eigenvalue weighted by molar-refractivity contribution is -0.116. The first kappa shape index (κ1) is 16.3. The number of amides is 1. The maximum Gasteiger partial charge on any atom is 0.225 e. The van der Waals surface area contributed by atoms with Crippen molar-refractivity contribution in [1.82, 2.24) is 0 Å². The van der Waals surface area contributed by atoms with Gasteiger partial charge in [-0.3, -0.25) is 4.79 Å². The molecular formula is C21H18ClNO. The molecule has 0 saturated heterocycles. The predicted molar refractivity (Wildman–Crippen MR) is 99.4 cm³/mol. The monoisotopic (exact) mass is 335 g/mol. The van der Waals surface area contributed by atoms with E-state index in [9.17, 15) is 4.79 Å². The topological polar surface area (TPSA) is 29.1 Å². The summed E-state index contributed by atoms with van der Waals surface area (Å²) in [5, 5.41) is 3.54. The largest absolute Gasteiger partial charge is 0.326 e. The minimum Gasteiger partial charge on any atom is -0.326 e. The summed E-state index contributed by atoms with van der Waals surface area (Å²) in [6.45, 7) is 0. The summed E-state index contributed by atoms with van der Waals surface area (Å²) >= 11 is 5.97. The molecule has 0 aliphatic rings. The Kier molecular flexibility index (Phi) is 5.29. The maximum atomic E-state index is 12.5. The molecular weight excluding hydrogens is 318 g/mol. The van der Waals surface area contributed by atoms with Crippen LogP contribution in [-0.2, 0) is 4.79 Å². The van der Waals surface area contributed by atoms with Crippen LogP contribution in [0.5, 0.6) is 0 Å². The highest BCUT2D eigenvalue weighted by Crippen LogP contribution is 2.28. The Morgan fingerprint density at radius 1 is 0.833 bits per heavy atom. The van der Waals surface area contributed by atoms with Gasteiger partial charge in [-0.2, -0.15) is 0 Å². The Morgan fingerprint density at radius 3 is 1.96 bits per heavy atom. The van der Waals surface area contributed by atoms with E-state index >= 15 is 0 Å². The first-order chi connectivity index (χ1) is 11.7. The minimum absolute atomic E-state index is 0.0200. The van der Waals surface area contributed by atoms with Crippen molar-refractivity contribution in [3.8, 4) is 0 Å². The smallest absolute Gasteiger partial charge is 0.225 e. The molecule has 24 heavy (non-hydrogen) atoms. The fourth-order valence-electron chi connectivity index (χ4n) is 2.76. The van der Waals surface area contributed by atoms with Crippen molar-refractivity contribution >= 4 is 23.2 Å². The molecule has 0 spiro atoms. The van der Waals surface area contributed by atoms with Crippen LogP contribution in [0.2, 0.25) is 5.02 Å². The number of carbonyl (C=O) groups excluding carboxylic acids is 1. The molecule has 0 radical (unpaired) electrons. The molecule has 3 aromatic carbocycles. The van der Waals surface area contributed by atoms with Gasteiger partial charge >= 0.3 is 0 Å². The quantitative estimate of drug-likeness (QED) is 0.655. The van der Waals surface area contributed by atoms with Gasteiger partial charge < -0.3 is 5.32 Å². The molecule has 0 saturated carbocycles. The summed E-state index contributed by atoms with van der Waals surface area (Å²) in [6, 6.07) is 27.4. The van der Waals surface area contributed by atoms with Gasteiger partial charge in [-0.1, -0.05) is 78.3 Å². The highest BCUT2D eigenvalue weighted by molar-refractivity contribution is 6.30. The first-order valence-corrected chi connectivity index (χ1v) is 8.25. The van der Waals surface area contributed by atoms with E-state index in [1.807, 2.05) is 48.5 Å². The van der Waals surface area contributed by atoms with Gasteiger partial charge in [0.1, 0.15) is 0 Å². The summed E-state index contributed by atoms with van der Waals surface area (Å²) < 4.78 is 0. The third-order valence-corrected chi connectivity index (χ3v) is 4.14. The molecule has 0 aliphatic heterocycles. The zero-order valence-corrected chi connectivity index (χ0v) is 13.9. The highest BCUT2D eigenvalue weighted by Gasteiger charge is 2.18. The SMILES string of the molecule is O=C(CC(c1ccccc1)c1ccccc1)Nc1cccc(Cl)c1. The van der Waals surface area contributed by atoms with Crippen molar-refractivity contribution in [3.63, 3.8) is 0 Å². The summed E-state index contributed by atoms with van der Waals surface area (Å²) in [5.41, 5.74) is 2.97. The van der Waals surface area contributed by atoms with Gasteiger partial charge in [0.25, 0.3) is 0 Å². The third-order valence-electron chi connectivity index (χ3n) is 3.90. The van der Waals surface area contributed by atoms with E-state index in [1.54, 1.807) is 12.1 Å². The van der Waals surface area contributed by atoms with Crippen LogP contribution in [-0.4, -0.2) is 5.91 Å². The van der Waals surface area contributed by atoms with E-state index < -0.39 is 0 Å². The molecule has 1 N–H and O–H groups in total. The number of hydrogen-bond donors (Lipinski definition) is 1. The van der Waals surface area contributed by atoms with Crippen molar-refractivity contribution in [3.05, 3.63) is 101 Å². The number of carbonyl (C=O) groups is 1. The first-order valence-electron chi connectivity index (χ1n) is 7.87. The Hall–Kier alpha value is -2.58. The average molecular weight is 336 g/mol. The van der Waals surface area contributed by atoms with Gasteiger partial charge in [-0.25, -0.2) is 0 Å². The molecule has 120 valence electrons. The van der Waals surface area contributed by atoms with Gasteiger partial charge in [0.15, 0.2) is 0 Å². The van der Waals surface area contributed by atoms with Crippen LogP contribution in [0.4, 0.5) is 5.69 Å². The molecule has 3 heteroatoms. The third kappa shape index (κ3) is 4.24. The number of rotatable bonds is 5. The Morgan fingerprint density at radius 2 is 1.42 bits per heavy atom. The molecule has 0 aliphatic carbocycles. The van der Waals surface area contributed by atoms with E-state index in [4.69, 9.17) is 11.6 Å². The molecule has 0 aromatic heterocycles. The predicted octanol–water partition coefficient (Wildman–Crippen LogP) is 5.50. The number of benzene rings is 3. The maximum absolute atomic E-state index is 12.5. The van der Waals surface area contributed by atoms with E-state index in [0.717, 1.165) is 11.1 Å². The van der Waals surface area contributed by atoms with Gasteiger partial charge in [0.05, 0.1) is 0 Å². The van der Waals surface area contributed by atoms with Crippen LogP contribution in [0.15, 0.2) is 84.9 Å². The number of halogens is 1. The van der Waals surface area contributed by atoms with Gasteiger partial charge in [-0.15, -0.1) is 0 Å². The summed E-state index contributed by atoms with van der Waals surface area (Å²) in [7, 11) is 0. The zero-order chi connectivity index (χ0) is 16.8. The molecule has 0 fully saturated rings. The summed E-state index contributed by atoms with van der Waals surface area (Å²) in [5.74, 6) is -0.0124. The molecule has 3 aromatic rings. The van der Waals surface area contributed by atoms with Gasteiger partial charge in [0.2, 0.25) is 5.91 Å². The second-order valence-corrected chi connectivity index (χ2v) is 6.07. The highest BCUT2D eigenvalue weighted by atomic mass is 35.5. The molecule has 1 amide bonds. The summed E-state index contributed by atoms with van der Waals surface area (Å²) in [6.07, 6.45) is 0.376. The fraction of sp³-hybridized carbons (Fsp3) is 0.0952. The standard InChI is InChI=1S/C21H18ClNO/c22-18-12-7-13-19(14-18)23-21(24)15-20(16-8-3-1-4-9-16)17-10-5-2-6-11-17/h1-14,20H,15H2,(H,23,24). The lowest BCUT2D eigenvalue weighted by atomic mass is 9.88. The second kappa shape index (κ2) is 7.80. The second-order valence-electron chi connectivity index (χ2n) is 5.64. The molecule has 0 bridgehead atoms. The van der Waals surface area contributed by atoms with Crippen LogP contribution in [0.1, 0.15) is 23.5 Å². The van der Waals surface area contributed by atoms with Crippen LogP contribution < -0.4 is 5.32 Å². The zero-order valence-electron chi connectivity index (χ0n) is 13.2. The van der Waals surface area contributed by atoms with E-state index in [0.29, 0.717) is 17.1 Å². The van der Waals surface area contributed by atoms with Crippen molar-refractivity contribution in [1.29, 1.82) is 0 Å². The van der Waals surface area contributed by atoms with Crippen LogP contribution in [0, 0.1) is 0 Å². The van der Waals surface area contributed by atoms with Crippen molar-refractivity contribution in [2.24, 2.45) is 0 Å². The molecule has 0 unspecified atom stereocenters. The van der Waals surface area contributed by atoms with Gasteiger partial charge in [-0.05, 0) is 29.3 Å². The number of hydrogen-bond acceptors (Lipinski definition) is 1. The van der Waals surface area contributed by atoms with Crippen LogP contribution in [0.25, 0.3) is 0 Å². The van der Waals surface area contributed by atoms with Crippen LogP contribution >= 0.6 is 11.6 Å². The Labute approximate surface area is 147 Å². The minimum atomic E-state index is -0.0324. The lowest BCUT2D eigenvalue weighted by Crippen LogP contribution is -2.16. The normalized spacial score (nSPS) is 10.6. The van der Waals surface area contributed by atoms with Crippen molar-refractivity contribution in [2.45, 2.75) is 12.3 Å². The molecule has 2 nitrogen and oxygen atoms in total. The van der Waals surface area contributed by atoms with E-state index in [2.05, 4.69) is 29.6 Å². The Bertz CT molecular complexity index is 763. The van der Waals surface area contributed by atoms with Gasteiger partial charge in [0, 0.05) is 23.0 Å². The lowest BCUT2D eigenvalue weighted by Gasteiger charge is -2.18. The van der Waals surface area contributed by atoms with E-state index in [-0.39, 0.29) is 11.8 Å². The molecule has 0 heterocycles. The molecule has 0 atom stereocenters. The van der Waals surface area contributed by atoms with Crippen LogP contribution in [0.3, 0.4) is 0 Å². The fourth-order valence-corrected chi connectivity index (χ4v) is 2.95. The number of nitrogens with one attached hydrogen (secondary N) is 1. The summed E-state index contributed by atoms with van der Waals surface area (Å²) in [4.78, 5) is 12.5.